The van der Waals surface area contributed by atoms with E-state index in [1.807, 2.05) is 13.8 Å². The van der Waals surface area contributed by atoms with Gasteiger partial charge in [-0.1, -0.05) is 6.92 Å². The lowest BCUT2D eigenvalue weighted by Crippen LogP contribution is -2.26. The molecule has 100 valence electrons. The van der Waals surface area contributed by atoms with Gasteiger partial charge in [-0.15, -0.1) is 11.8 Å². The van der Waals surface area contributed by atoms with Crippen molar-refractivity contribution in [3.8, 4) is 0 Å². The number of carboxylic acids is 1. The van der Waals surface area contributed by atoms with Crippen molar-refractivity contribution in [2.45, 2.75) is 44.7 Å². The van der Waals surface area contributed by atoms with E-state index >= 15 is 0 Å². The Kier molecular flexibility index (Phi) is 4.76. The van der Waals surface area contributed by atoms with E-state index in [-0.39, 0.29) is 5.56 Å². The predicted octanol–water partition coefficient (Wildman–Crippen LogP) is 2.65. The summed E-state index contributed by atoms with van der Waals surface area (Å²) in [6.45, 7) is 7.23. The molecule has 1 atom stereocenters. The number of carboxylic acid groups (broad SMARTS) is 1. The van der Waals surface area contributed by atoms with Crippen LogP contribution in [0.25, 0.3) is 0 Å². The van der Waals surface area contributed by atoms with Crippen LogP contribution >= 0.6 is 11.8 Å². The molecule has 1 rings (SSSR count). The molecule has 1 heterocycles. The van der Waals surface area contributed by atoms with Crippen molar-refractivity contribution in [3.63, 3.8) is 0 Å². The summed E-state index contributed by atoms with van der Waals surface area (Å²) >= 11 is 1.29. The molecule has 0 aliphatic carbocycles. The van der Waals surface area contributed by atoms with E-state index in [0.29, 0.717) is 22.8 Å². The Morgan fingerprint density at radius 3 is 2.61 bits per heavy atom. The number of carbonyl (C=O) groups is 1. The summed E-state index contributed by atoms with van der Waals surface area (Å²) in [5.41, 5.74) is 0.919. The molecule has 0 amide bonds. The third-order valence-electron chi connectivity index (χ3n) is 2.81. The van der Waals surface area contributed by atoms with E-state index in [2.05, 4.69) is 4.98 Å². The average Bonchev–Trinajstić information content (AvgIpc) is 2.25. The number of pyridine rings is 1. The summed E-state index contributed by atoms with van der Waals surface area (Å²) in [6, 6.07) is 1.76. The van der Waals surface area contributed by atoms with Gasteiger partial charge >= 0.3 is 5.97 Å². The predicted molar refractivity (Wildman–Crippen MR) is 72.3 cm³/mol. The van der Waals surface area contributed by atoms with Crippen LogP contribution in [0.5, 0.6) is 0 Å². The Balaban J connectivity index is 3.04. The molecule has 0 radical (unpaired) electrons. The molecule has 0 saturated carbocycles. The van der Waals surface area contributed by atoms with Crippen LogP contribution in [0.4, 0.5) is 0 Å². The van der Waals surface area contributed by atoms with Crippen LogP contribution in [0.3, 0.4) is 0 Å². The molecule has 1 aromatic rings. The fraction of sp³-hybridized carbons (Fsp3) is 0.538. The fourth-order valence-electron chi connectivity index (χ4n) is 1.49. The number of rotatable bonds is 5. The molecule has 0 saturated heterocycles. The van der Waals surface area contributed by atoms with Gasteiger partial charge in [-0.3, -0.25) is 0 Å². The van der Waals surface area contributed by atoms with Crippen LogP contribution < -0.4 is 0 Å². The highest BCUT2D eigenvalue weighted by Gasteiger charge is 2.22. The summed E-state index contributed by atoms with van der Waals surface area (Å²) in [5.74, 6) is -0.543. The highest BCUT2D eigenvalue weighted by atomic mass is 32.2. The SMILES string of the molecule is CCC(C)(O)CSc1nc(C)cc(C)c1C(=O)O. The van der Waals surface area contributed by atoms with E-state index in [9.17, 15) is 15.0 Å². The number of aryl methyl sites for hydroxylation is 2. The lowest BCUT2D eigenvalue weighted by Gasteiger charge is -2.21. The Morgan fingerprint density at radius 1 is 1.50 bits per heavy atom. The molecule has 18 heavy (non-hydrogen) atoms. The lowest BCUT2D eigenvalue weighted by molar-refractivity contribution is 0.0689. The molecule has 1 aromatic heterocycles. The van der Waals surface area contributed by atoms with Crippen LogP contribution in [0.2, 0.25) is 0 Å². The van der Waals surface area contributed by atoms with Crippen LogP contribution in [-0.4, -0.2) is 32.5 Å². The van der Waals surface area contributed by atoms with Crippen molar-refractivity contribution in [2.75, 3.05) is 5.75 Å². The molecular formula is C13H19NO3S. The van der Waals surface area contributed by atoms with E-state index in [1.165, 1.54) is 11.8 Å². The van der Waals surface area contributed by atoms with Crippen molar-refractivity contribution >= 4 is 17.7 Å². The van der Waals surface area contributed by atoms with Gasteiger partial charge in [0.2, 0.25) is 0 Å². The number of thioether (sulfide) groups is 1. The Morgan fingerprint density at radius 2 is 2.11 bits per heavy atom. The average molecular weight is 269 g/mol. The fourth-order valence-corrected chi connectivity index (χ4v) is 2.75. The first kappa shape index (κ1) is 15.0. The zero-order valence-electron chi connectivity index (χ0n) is 11.1. The monoisotopic (exact) mass is 269 g/mol. The summed E-state index contributed by atoms with van der Waals surface area (Å²) in [7, 11) is 0. The number of nitrogens with zero attached hydrogens (tertiary/aromatic N) is 1. The molecule has 5 heteroatoms. The van der Waals surface area contributed by atoms with Crippen LogP contribution in [0.15, 0.2) is 11.1 Å². The highest BCUT2D eigenvalue weighted by Crippen LogP contribution is 2.28. The van der Waals surface area contributed by atoms with Crippen LogP contribution in [0, 0.1) is 13.8 Å². The van der Waals surface area contributed by atoms with Gasteiger partial charge in [0.05, 0.1) is 11.2 Å². The number of hydrogen-bond donors (Lipinski definition) is 2. The van der Waals surface area contributed by atoms with Gasteiger partial charge in [0, 0.05) is 11.4 Å². The maximum absolute atomic E-state index is 11.2. The third-order valence-corrected chi connectivity index (χ3v) is 4.14. The summed E-state index contributed by atoms with van der Waals surface area (Å²) in [4.78, 5) is 15.5. The number of hydrogen-bond acceptors (Lipinski definition) is 4. The molecule has 0 bridgehead atoms. The van der Waals surface area contributed by atoms with E-state index in [4.69, 9.17) is 0 Å². The molecule has 4 nitrogen and oxygen atoms in total. The second-order valence-electron chi connectivity index (χ2n) is 4.71. The third kappa shape index (κ3) is 3.71. The van der Waals surface area contributed by atoms with Crippen molar-refractivity contribution in [2.24, 2.45) is 0 Å². The Labute approximate surface area is 111 Å². The number of aliphatic hydroxyl groups is 1. The summed E-state index contributed by atoms with van der Waals surface area (Å²) in [5, 5.41) is 19.6. The first-order chi connectivity index (χ1) is 8.26. The first-order valence-corrected chi connectivity index (χ1v) is 6.82. The van der Waals surface area contributed by atoms with Crippen molar-refractivity contribution in [3.05, 3.63) is 22.9 Å². The molecule has 0 aliphatic rings. The highest BCUT2D eigenvalue weighted by molar-refractivity contribution is 7.99. The zero-order chi connectivity index (χ0) is 13.9. The molecule has 1 unspecified atom stereocenters. The van der Waals surface area contributed by atoms with Gasteiger partial charge < -0.3 is 10.2 Å². The molecule has 0 spiro atoms. The quantitative estimate of drug-likeness (QED) is 0.804. The van der Waals surface area contributed by atoms with Gasteiger partial charge in [0.25, 0.3) is 0 Å². The van der Waals surface area contributed by atoms with Crippen molar-refractivity contribution in [1.82, 2.24) is 4.98 Å². The molecule has 0 aliphatic heterocycles. The maximum atomic E-state index is 11.2. The van der Waals surface area contributed by atoms with E-state index in [1.54, 1.807) is 19.9 Å². The first-order valence-electron chi connectivity index (χ1n) is 5.83. The van der Waals surface area contributed by atoms with Crippen molar-refractivity contribution in [1.29, 1.82) is 0 Å². The largest absolute Gasteiger partial charge is 0.478 e. The lowest BCUT2D eigenvalue weighted by atomic mass is 10.1. The van der Waals surface area contributed by atoms with Gasteiger partial charge in [-0.05, 0) is 38.8 Å². The molecule has 0 fully saturated rings. The normalized spacial score (nSPS) is 14.3. The second-order valence-corrected chi connectivity index (χ2v) is 5.67. The topological polar surface area (TPSA) is 70.4 Å². The van der Waals surface area contributed by atoms with Crippen molar-refractivity contribution < 1.29 is 15.0 Å². The minimum Gasteiger partial charge on any atom is -0.478 e. The van der Waals surface area contributed by atoms with Gasteiger partial charge in [-0.2, -0.15) is 0 Å². The summed E-state index contributed by atoms with van der Waals surface area (Å²) < 4.78 is 0. The standard InChI is InChI=1S/C13H19NO3S/c1-5-13(4,17)7-18-11-10(12(15)16)8(2)6-9(3)14-11/h6,17H,5,7H2,1-4H3,(H,15,16). The summed E-state index contributed by atoms with van der Waals surface area (Å²) in [6.07, 6.45) is 0.618. The Hall–Kier alpha value is -1.07. The van der Waals surface area contributed by atoms with Gasteiger partial charge in [-0.25, -0.2) is 9.78 Å². The molecular weight excluding hydrogens is 250 g/mol. The Bertz CT molecular complexity index is 458. The minimum absolute atomic E-state index is 0.234. The van der Waals surface area contributed by atoms with Crippen LogP contribution in [0.1, 0.15) is 41.9 Å². The molecule has 0 aromatic carbocycles. The van der Waals surface area contributed by atoms with Crippen LogP contribution in [-0.2, 0) is 0 Å². The van der Waals surface area contributed by atoms with Gasteiger partial charge in [0.1, 0.15) is 5.03 Å². The second kappa shape index (κ2) is 5.71. The smallest absolute Gasteiger partial charge is 0.338 e. The molecule has 2 N–H and O–H groups in total. The number of aromatic nitrogens is 1. The van der Waals surface area contributed by atoms with E-state index < -0.39 is 11.6 Å². The maximum Gasteiger partial charge on any atom is 0.338 e. The zero-order valence-corrected chi connectivity index (χ0v) is 12.0. The minimum atomic E-state index is -0.973. The van der Waals surface area contributed by atoms with E-state index in [0.717, 1.165) is 5.69 Å². The number of aromatic carboxylic acids is 1. The van der Waals surface area contributed by atoms with Gasteiger partial charge in [0.15, 0.2) is 0 Å².